The first-order valence-corrected chi connectivity index (χ1v) is 6.90. The zero-order valence-corrected chi connectivity index (χ0v) is 12.0. The standard InChI is InChI=1S/C10H9BrClNO3S/c1-2-15-10(14)7-8(16-4-13-7)6-3-5(11)9(12)17-6/h3-4,7-8H,2H2,1H3. The molecular weight excluding hydrogens is 330 g/mol. The van der Waals surface area contributed by atoms with Crippen molar-refractivity contribution < 1.29 is 14.3 Å². The minimum Gasteiger partial charge on any atom is -0.472 e. The van der Waals surface area contributed by atoms with Crippen LogP contribution in [0.4, 0.5) is 0 Å². The first-order chi connectivity index (χ1) is 8.13. The summed E-state index contributed by atoms with van der Waals surface area (Å²) in [6.07, 6.45) is 0.844. The molecule has 0 aromatic carbocycles. The van der Waals surface area contributed by atoms with Crippen molar-refractivity contribution >= 4 is 51.2 Å². The fourth-order valence-electron chi connectivity index (χ4n) is 1.46. The van der Waals surface area contributed by atoms with E-state index < -0.39 is 12.1 Å². The Kier molecular flexibility index (Phi) is 4.06. The maximum Gasteiger partial charge on any atom is 0.335 e. The van der Waals surface area contributed by atoms with Gasteiger partial charge >= 0.3 is 5.97 Å². The van der Waals surface area contributed by atoms with Crippen LogP contribution in [0.1, 0.15) is 17.9 Å². The van der Waals surface area contributed by atoms with Crippen LogP contribution in [0.15, 0.2) is 15.5 Å². The molecule has 0 saturated heterocycles. The van der Waals surface area contributed by atoms with Gasteiger partial charge < -0.3 is 9.47 Å². The van der Waals surface area contributed by atoms with E-state index in [-0.39, 0.29) is 5.97 Å². The smallest absolute Gasteiger partial charge is 0.335 e. The van der Waals surface area contributed by atoms with Crippen LogP contribution in [0.2, 0.25) is 4.34 Å². The van der Waals surface area contributed by atoms with Gasteiger partial charge in [-0.1, -0.05) is 11.6 Å². The molecule has 2 unspecified atom stereocenters. The molecule has 2 rings (SSSR count). The Hall–Kier alpha value is -0.590. The van der Waals surface area contributed by atoms with Gasteiger partial charge in [0.05, 0.1) is 11.5 Å². The average molecular weight is 339 g/mol. The van der Waals surface area contributed by atoms with E-state index in [0.717, 1.165) is 9.35 Å². The molecule has 1 aromatic heterocycles. The highest BCUT2D eigenvalue weighted by Gasteiger charge is 2.36. The second-order valence-corrected chi connectivity index (χ2v) is 5.82. The lowest BCUT2D eigenvalue weighted by atomic mass is 10.1. The van der Waals surface area contributed by atoms with Crippen molar-refractivity contribution in [1.82, 2.24) is 0 Å². The van der Waals surface area contributed by atoms with Crippen LogP contribution in [0.25, 0.3) is 0 Å². The second kappa shape index (κ2) is 5.37. The van der Waals surface area contributed by atoms with Crippen LogP contribution in [-0.4, -0.2) is 25.0 Å². The molecule has 4 nitrogen and oxygen atoms in total. The molecular formula is C10H9BrClNO3S. The third kappa shape index (κ3) is 2.64. The first kappa shape index (κ1) is 12.9. The van der Waals surface area contributed by atoms with Crippen LogP contribution in [-0.2, 0) is 14.3 Å². The predicted molar refractivity (Wildman–Crippen MR) is 69.8 cm³/mol. The molecule has 0 saturated carbocycles. The summed E-state index contributed by atoms with van der Waals surface area (Å²) in [6, 6.07) is 1.19. The minimum atomic E-state index is -0.642. The lowest BCUT2D eigenvalue weighted by Crippen LogP contribution is -2.25. The number of halogens is 2. The van der Waals surface area contributed by atoms with E-state index in [1.165, 1.54) is 17.7 Å². The molecule has 1 aliphatic rings. The topological polar surface area (TPSA) is 47.9 Å². The Bertz CT molecular complexity index is 443. The second-order valence-electron chi connectivity index (χ2n) is 3.28. The summed E-state index contributed by atoms with van der Waals surface area (Å²) in [5, 5.41) is 0. The van der Waals surface area contributed by atoms with Gasteiger partial charge in [-0.15, -0.1) is 11.3 Å². The highest BCUT2D eigenvalue weighted by molar-refractivity contribution is 9.10. The van der Waals surface area contributed by atoms with E-state index >= 15 is 0 Å². The van der Waals surface area contributed by atoms with E-state index in [1.807, 2.05) is 6.07 Å². The number of carbonyl (C=O) groups is 1. The number of hydrogen-bond acceptors (Lipinski definition) is 5. The predicted octanol–water partition coefficient (Wildman–Crippen LogP) is 3.20. The number of carbonyl (C=O) groups excluding carboxylic acids is 1. The molecule has 0 radical (unpaired) electrons. The quantitative estimate of drug-likeness (QED) is 0.795. The maximum absolute atomic E-state index is 11.7. The fourth-order valence-corrected chi connectivity index (χ4v) is 3.26. The van der Waals surface area contributed by atoms with Crippen molar-refractivity contribution in [2.45, 2.75) is 19.1 Å². The summed E-state index contributed by atoms with van der Waals surface area (Å²) in [5.41, 5.74) is 0. The molecule has 2 atom stereocenters. The number of ether oxygens (including phenoxy) is 2. The summed E-state index contributed by atoms with van der Waals surface area (Å²) in [4.78, 5) is 16.5. The largest absolute Gasteiger partial charge is 0.472 e. The van der Waals surface area contributed by atoms with Gasteiger partial charge in [0.2, 0.25) is 0 Å². The molecule has 0 N–H and O–H groups in total. The summed E-state index contributed by atoms with van der Waals surface area (Å²) in [6.45, 7) is 2.08. The Morgan fingerprint density at radius 3 is 3.12 bits per heavy atom. The molecule has 1 aromatic rings. The zero-order chi connectivity index (χ0) is 12.4. The lowest BCUT2D eigenvalue weighted by molar-refractivity contribution is -0.146. The molecule has 1 aliphatic heterocycles. The molecule has 0 aliphatic carbocycles. The molecule has 0 bridgehead atoms. The fraction of sp³-hybridized carbons (Fsp3) is 0.400. The number of thiophene rings is 1. The van der Waals surface area contributed by atoms with Crippen molar-refractivity contribution in [2.75, 3.05) is 6.61 Å². The Labute approximate surface area is 116 Å². The SMILES string of the molecule is CCOC(=O)C1N=COC1c1cc(Br)c(Cl)s1. The first-order valence-electron chi connectivity index (χ1n) is 4.92. The van der Waals surface area contributed by atoms with Gasteiger partial charge in [0, 0.05) is 4.47 Å². The monoisotopic (exact) mass is 337 g/mol. The molecule has 2 heterocycles. The molecule has 0 fully saturated rings. The van der Waals surface area contributed by atoms with Crippen LogP contribution in [0.3, 0.4) is 0 Å². The van der Waals surface area contributed by atoms with E-state index in [0.29, 0.717) is 10.9 Å². The highest BCUT2D eigenvalue weighted by Crippen LogP contribution is 2.39. The van der Waals surface area contributed by atoms with Crippen LogP contribution >= 0.6 is 38.9 Å². The number of aliphatic imine (C=N–C) groups is 1. The molecule has 7 heteroatoms. The number of nitrogens with zero attached hydrogens (tertiary/aromatic N) is 1. The Morgan fingerprint density at radius 2 is 2.53 bits per heavy atom. The molecule has 0 amide bonds. The van der Waals surface area contributed by atoms with Gasteiger partial charge in [0.15, 0.2) is 18.5 Å². The van der Waals surface area contributed by atoms with Gasteiger partial charge in [0.25, 0.3) is 0 Å². The molecule has 17 heavy (non-hydrogen) atoms. The summed E-state index contributed by atoms with van der Waals surface area (Å²) < 4.78 is 11.7. The number of rotatable bonds is 3. The highest BCUT2D eigenvalue weighted by atomic mass is 79.9. The van der Waals surface area contributed by atoms with Gasteiger partial charge in [-0.05, 0) is 28.9 Å². The number of hydrogen-bond donors (Lipinski definition) is 0. The summed E-state index contributed by atoms with van der Waals surface area (Å²) in [7, 11) is 0. The van der Waals surface area contributed by atoms with Crippen molar-refractivity contribution in [2.24, 2.45) is 4.99 Å². The summed E-state index contributed by atoms with van der Waals surface area (Å²) >= 11 is 10.6. The minimum absolute atomic E-state index is 0.326. The van der Waals surface area contributed by atoms with Crippen molar-refractivity contribution in [1.29, 1.82) is 0 Å². The molecule has 0 spiro atoms. The van der Waals surface area contributed by atoms with E-state index in [1.54, 1.807) is 6.92 Å². The van der Waals surface area contributed by atoms with Gasteiger partial charge in [-0.25, -0.2) is 9.79 Å². The van der Waals surface area contributed by atoms with Crippen molar-refractivity contribution in [3.05, 3.63) is 19.8 Å². The number of esters is 1. The third-order valence-electron chi connectivity index (χ3n) is 2.19. The van der Waals surface area contributed by atoms with Crippen LogP contribution in [0, 0.1) is 0 Å². The van der Waals surface area contributed by atoms with Crippen LogP contribution < -0.4 is 0 Å². The van der Waals surface area contributed by atoms with Crippen LogP contribution in [0.5, 0.6) is 0 Å². The van der Waals surface area contributed by atoms with E-state index in [4.69, 9.17) is 21.1 Å². The zero-order valence-electron chi connectivity index (χ0n) is 8.85. The average Bonchev–Trinajstić information content (AvgIpc) is 2.87. The Balaban J connectivity index is 2.18. The molecule has 92 valence electrons. The van der Waals surface area contributed by atoms with Gasteiger partial charge in [-0.3, -0.25) is 0 Å². The van der Waals surface area contributed by atoms with E-state index in [9.17, 15) is 4.79 Å². The van der Waals surface area contributed by atoms with Gasteiger partial charge in [0.1, 0.15) is 4.34 Å². The summed E-state index contributed by atoms with van der Waals surface area (Å²) in [5.74, 6) is -0.383. The van der Waals surface area contributed by atoms with E-state index in [2.05, 4.69) is 20.9 Å². The Morgan fingerprint density at radius 1 is 1.76 bits per heavy atom. The van der Waals surface area contributed by atoms with Crippen molar-refractivity contribution in [3.63, 3.8) is 0 Å². The van der Waals surface area contributed by atoms with Gasteiger partial charge in [-0.2, -0.15) is 0 Å². The van der Waals surface area contributed by atoms with Crippen molar-refractivity contribution in [3.8, 4) is 0 Å². The lowest BCUT2D eigenvalue weighted by Gasteiger charge is -2.14. The normalized spacial score (nSPS) is 22.5. The maximum atomic E-state index is 11.7. The third-order valence-corrected chi connectivity index (χ3v) is 4.72.